The Labute approximate surface area is 174 Å². The Bertz CT molecular complexity index is 1160. The van der Waals surface area contributed by atoms with Crippen LogP contribution in [-0.4, -0.2) is 39.0 Å². The average Bonchev–Trinajstić information content (AvgIpc) is 3.49. The molecule has 3 heterocycles. The number of nitrogens with zero attached hydrogens (tertiary/aromatic N) is 3. The van der Waals surface area contributed by atoms with Gasteiger partial charge < -0.3 is 14.4 Å². The van der Waals surface area contributed by atoms with Crippen LogP contribution in [0.4, 0.5) is 0 Å². The Balaban J connectivity index is 1.26. The number of aromatic amines is 1. The van der Waals surface area contributed by atoms with E-state index in [1.165, 1.54) is 5.56 Å². The summed E-state index contributed by atoms with van der Waals surface area (Å²) in [5.74, 6) is 1.65. The van der Waals surface area contributed by atoms with E-state index in [0.717, 1.165) is 16.5 Å². The molecule has 152 valence electrons. The minimum absolute atomic E-state index is 0.0130. The Kier molecular flexibility index (Phi) is 4.83. The second-order valence-electron chi connectivity index (χ2n) is 8.09. The molecule has 0 bridgehead atoms. The largest absolute Gasteiger partial charge is 0.361 e. The number of likely N-dealkylation sites (tertiary alicyclic amines) is 1. The van der Waals surface area contributed by atoms with Crippen LogP contribution >= 0.6 is 0 Å². The molecule has 0 saturated carbocycles. The van der Waals surface area contributed by atoms with Gasteiger partial charge in [-0.05, 0) is 23.1 Å². The van der Waals surface area contributed by atoms with Crippen molar-refractivity contribution >= 4 is 16.8 Å². The molecular formula is C24H24N4O2. The summed E-state index contributed by atoms with van der Waals surface area (Å²) < 4.78 is 5.52. The SMILES string of the molecule is CC(CN1CC(c2noc(Cc3c[nH]c4ccccc34)n2)CC1=O)c1ccccc1. The minimum Gasteiger partial charge on any atom is -0.361 e. The Hall–Kier alpha value is -3.41. The molecule has 2 aromatic carbocycles. The third-order valence-corrected chi connectivity index (χ3v) is 5.94. The van der Waals surface area contributed by atoms with Crippen LogP contribution in [0.2, 0.25) is 0 Å². The van der Waals surface area contributed by atoms with Gasteiger partial charge in [0.05, 0.1) is 6.42 Å². The standard InChI is InChI=1S/C24H24N4O2/c1-16(17-7-3-2-4-8-17)14-28-15-19(12-23(28)29)24-26-22(30-27-24)11-18-13-25-21-10-6-5-9-20(18)21/h2-10,13,16,19,25H,11-12,14-15H2,1H3. The van der Waals surface area contributed by atoms with Gasteiger partial charge >= 0.3 is 0 Å². The number of hydrogen-bond acceptors (Lipinski definition) is 4. The Morgan fingerprint density at radius 2 is 1.97 bits per heavy atom. The fraction of sp³-hybridized carbons (Fsp3) is 0.292. The molecule has 5 rings (SSSR count). The van der Waals surface area contributed by atoms with Crippen LogP contribution in [0.15, 0.2) is 65.3 Å². The number of nitrogens with one attached hydrogen (secondary N) is 1. The summed E-state index contributed by atoms with van der Waals surface area (Å²) in [6.45, 7) is 3.51. The second-order valence-corrected chi connectivity index (χ2v) is 8.09. The van der Waals surface area contributed by atoms with Crippen molar-refractivity contribution in [1.29, 1.82) is 0 Å². The maximum Gasteiger partial charge on any atom is 0.231 e. The zero-order chi connectivity index (χ0) is 20.5. The van der Waals surface area contributed by atoms with Crippen LogP contribution in [-0.2, 0) is 11.2 Å². The lowest BCUT2D eigenvalue weighted by atomic mass is 10.0. The normalized spacial score (nSPS) is 17.7. The molecule has 1 fully saturated rings. The van der Waals surface area contributed by atoms with Gasteiger partial charge in [0.2, 0.25) is 11.8 Å². The van der Waals surface area contributed by atoms with E-state index in [4.69, 9.17) is 4.52 Å². The topological polar surface area (TPSA) is 75.0 Å². The van der Waals surface area contributed by atoms with Crippen LogP contribution in [0.25, 0.3) is 10.9 Å². The first-order valence-corrected chi connectivity index (χ1v) is 10.4. The zero-order valence-electron chi connectivity index (χ0n) is 16.9. The highest BCUT2D eigenvalue weighted by Gasteiger charge is 2.34. The Morgan fingerprint density at radius 3 is 2.83 bits per heavy atom. The van der Waals surface area contributed by atoms with Crippen LogP contribution in [0, 0.1) is 0 Å². The van der Waals surface area contributed by atoms with Crippen LogP contribution in [0.3, 0.4) is 0 Å². The third kappa shape index (κ3) is 3.61. The van der Waals surface area contributed by atoms with E-state index in [1.54, 1.807) is 0 Å². The lowest BCUT2D eigenvalue weighted by Gasteiger charge is -2.21. The van der Waals surface area contributed by atoms with E-state index in [9.17, 15) is 4.79 Å². The van der Waals surface area contributed by atoms with Gasteiger partial charge in [0, 0.05) is 42.5 Å². The number of fused-ring (bicyclic) bond motifs is 1. The molecule has 1 saturated heterocycles. The minimum atomic E-state index is -0.0130. The molecule has 0 aliphatic carbocycles. The van der Waals surface area contributed by atoms with Gasteiger partial charge in [0.1, 0.15) is 0 Å². The molecule has 30 heavy (non-hydrogen) atoms. The van der Waals surface area contributed by atoms with Gasteiger partial charge in [0.25, 0.3) is 0 Å². The predicted octanol–water partition coefficient (Wildman–Crippen LogP) is 4.26. The van der Waals surface area contributed by atoms with Gasteiger partial charge in [0.15, 0.2) is 5.82 Å². The fourth-order valence-corrected chi connectivity index (χ4v) is 4.29. The van der Waals surface area contributed by atoms with E-state index in [1.807, 2.05) is 47.5 Å². The summed E-state index contributed by atoms with van der Waals surface area (Å²) in [5, 5.41) is 5.35. The second kappa shape index (κ2) is 7.78. The average molecular weight is 400 g/mol. The lowest BCUT2D eigenvalue weighted by molar-refractivity contribution is -0.127. The molecule has 1 N–H and O–H groups in total. The third-order valence-electron chi connectivity index (χ3n) is 5.94. The van der Waals surface area contributed by atoms with Gasteiger partial charge in [-0.25, -0.2) is 0 Å². The summed E-state index contributed by atoms with van der Waals surface area (Å²) in [5.41, 5.74) is 3.47. The number of rotatable bonds is 6. The number of amides is 1. The molecule has 2 unspecified atom stereocenters. The van der Waals surface area contributed by atoms with Gasteiger partial charge in [-0.15, -0.1) is 0 Å². The predicted molar refractivity (Wildman–Crippen MR) is 114 cm³/mol. The molecular weight excluding hydrogens is 376 g/mol. The van der Waals surface area contributed by atoms with Gasteiger partial charge in [-0.2, -0.15) is 4.98 Å². The van der Waals surface area contributed by atoms with Gasteiger partial charge in [-0.3, -0.25) is 4.79 Å². The van der Waals surface area contributed by atoms with E-state index >= 15 is 0 Å². The van der Waals surface area contributed by atoms with Crippen molar-refractivity contribution in [2.45, 2.75) is 31.6 Å². The van der Waals surface area contributed by atoms with E-state index in [-0.39, 0.29) is 17.7 Å². The Morgan fingerprint density at radius 1 is 1.17 bits per heavy atom. The van der Waals surface area contributed by atoms with E-state index in [2.05, 4.69) is 40.2 Å². The van der Waals surface area contributed by atoms with E-state index < -0.39 is 0 Å². The van der Waals surface area contributed by atoms with Crippen molar-refractivity contribution in [2.24, 2.45) is 0 Å². The van der Waals surface area contributed by atoms with Crippen molar-refractivity contribution < 1.29 is 9.32 Å². The maximum absolute atomic E-state index is 12.6. The number of hydrogen-bond donors (Lipinski definition) is 1. The monoisotopic (exact) mass is 400 g/mol. The molecule has 4 aromatic rings. The number of carbonyl (C=O) groups excluding carboxylic acids is 1. The number of para-hydroxylation sites is 1. The fourth-order valence-electron chi connectivity index (χ4n) is 4.29. The molecule has 0 radical (unpaired) electrons. The molecule has 0 spiro atoms. The first kappa shape index (κ1) is 18.6. The number of benzene rings is 2. The number of H-pyrrole nitrogens is 1. The molecule has 2 aromatic heterocycles. The first-order chi connectivity index (χ1) is 14.7. The summed E-state index contributed by atoms with van der Waals surface area (Å²) in [4.78, 5) is 22.4. The van der Waals surface area contributed by atoms with Crippen LogP contribution in [0.5, 0.6) is 0 Å². The first-order valence-electron chi connectivity index (χ1n) is 10.4. The highest BCUT2D eigenvalue weighted by atomic mass is 16.5. The van der Waals surface area contributed by atoms with Crippen molar-refractivity contribution in [2.75, 3.05) is 13.1 Å². The zero-order valence-corrected chi connectivity index (χ0v) is 16.9. The molecule has 1 aliphatic rings. The lowest BCUT2D eigenvalue weighted by Crippen LogP contribution is -2.29. The number of aromatic nitrogens is 3. The smallest absolute Gasteiger partial charge is 0.231 e. The molecule has 1 aliphatic heterocycles. The quantitative estimate of drug-likeness (QED) is 0.525. The van der Waals surface area contributed by atoms with Crippen molar-refractivity contribution in [3.63, 3.8) is 0 Å². The molecule has 1 amide bonds. The summed E-state index contributed by atoms with van der Waals surface area (Å²) in [6, 6.07) is 18.5. The summed E-state index contributed by atoms with van der Waals surface area (Å²) in [7, 11) is 0. The van der Waals surface area contributed by atoms with Crippen molar-refractivity contribution in [3.05, 3.63) is 83.6 Å². The van der Waals surface area contributed by atoms with Crippen LogP contribution < -0.4 is 0 Å². The molecule has 6 nitrogen and oxygen atoms in total. The summed E-state index contributed by atoms with van der Waals surface area (Å²) in [6.07, 6.45) is 3.00. The van der Waals surface area contributed by atoms with Crippen molar-refractivity contribution in [1.82, 2.24) is 20.0 Å². The molecule has 6 heteroatoms. The highest BCUT2D eigenvalue weighted by Crippen LogP contribution is 2.29. The summed E-state index contributed by atoms with van der Waals surface area (Å²) >= 11 is 0. The number of carbonyl (C=O) groups is 1. The molecule has 2 atom stereocenters. The van der Waals surface area contributed by atoms with Crippen LogP contribution in [0.1, 0.15) is 48.0 Å². The van der Waals surface area contributed by atoms with E-state index in [0.29, 0.717) is 37.6 Å². The van der Waals surface area contributed by atoms with Gasteiger partial charge in [-0.1, -0.05) is 60.6 Å². The van der Waals surface area contributed by atoms with Crippen molar-refractivity contribution in [3.8, 4) is 0 Å². The maximum atomic E-state index is 12.6. The highest BCUT2D eigenvalue weighted by molar-refractivity contribution is 5.83.